The molecule has 3 atom stereocenters. The van der Waals surface area contributed by atoms with Crippen LogP contribution in [-0.4, -0.2) is 91.5 Å². The second-order valence-electron chi connectivity index (χ2n) is 9.60. The molecule has 0 radical (unpaired) electrons. The Morgan fingerprint density at radius 2 is 1.38 bits per heavy atom. The molecule has 0 saturated carbocycles. The van der Waals surface area contributed by atoms with Crippen molar-refractivity contribution in [2.45, 2.75) is 37.4 Å². The number of phenolic OH excluding ortho intramolecular Hbond substituents is 1. The molecule has 2 rings (SSSR count). The Labute approximate surface area is 243 Å². The van der Waals surface area contributed by atoms with Gasteiger partial charge in [-0.2, -0.15) is 0 Å². The zero-order valence-electron chi connectivity index (χ0n) is 22.9. The molecule has 42 heavy (non-hydrogen) atoms. The zero-order chi connectivity index (χ0) is 31.3. The van der Waals surface area contributed by atoms with E-state index in [4.69, 9.17) is 5.73 Å². The SMILES string of the molecule is CS(=O)(=O)CCC(NC(=O)C(Cc1ccccc1)NC(=O)CNC(=O)CNC(=O)C(N)Cc1ccc(O)cc1)C(=O)O. The minimum absolute atomic E-state index is 0.0141. The molecule has 4 amide bonds. The Morgan fingerprint density at radius 1 is 0.786 bits per heavy atom. The number of aliphatic carboxylic acids is 1. The number of sulfone groups is 1. The highest BCUT2D eigenvalue weighted by Crippen LogP contribution is 2.11. The van der Waals surface area contributed by atoms with E-state index in [1.165, 1.54) is 12.1 Å². The summed E-state index contributed by atoms with van der Waals surface area (Å²) < 4.78 is 22.9. The van der Waals surface area contributed by atoms with E-state index < -0.39 is 76.4 Å². The highest BCUT2D eigenvalue weighted by molar-refractivity contribution is 7.90. The summed E-state index contributed by atoms with van der Waals surface area (Å²) in [4.78, 5) is 61.5. The lowest BCUT2D eigenvalue weighted by Crippen LogP contribution is -2.54. The summed E-state index contributed by atoms with van der Waals surface area (Å²) in [6.45, 7) is -1.02. The number of hydrogen-bond acceptors (Lipinski definition) is 9. The van der Waals surface area contributed by atoms with E-state index in [0.717, 1.165) is 6.26 Å². The van der Waals surface area contributed by atoms with Crippen molar-refractivity contribution in [3.8, 4) is 5.75 Å². The Hall–Kier alpha value is -4.50. The van der Waals surface area contributed by atoms with Gasteiger partial charge in [-0.15, -0.1) is 0 Å². The van der Waals surface area contributed by atoms with Gasteiger partial charge in [0.05, 0.1) is 24.9 Å². The number of rotatable bonds is 16. The predicted octanol–water partition coefficient (Wildman–Crippen LogP) is -1.77. The molecule has 15 heteroatoms. The zero-order valence-corrected chi connectivity index (χ0v) is 23.7. The van der Waals surface area contributed by atoms with E-state index in [9.17, 15) is 42.6 Å². The average Bonchev–Trinajstić information content (AvgIpc) is 2.93. The molecule has 3 unspecified atom stereocenters. The Kier molecular flexibility index (Phi) is 12.9. The lowest BCUT2D eigenvalue weighted by molar-refractivity contribution is -0.142. The molecule has 0 heterocycles. The van der Waals surface area contributed by atoms with Gasteiger partial charge in [0.15, 0.2) is 0 Å². The number of hydrogen-bond donors (Lipinski definition) is 7. The maximum Gasteiger partial charge on any atom is 0.326 e. The van der Waals surface area contributed by atoms with Crippen LogP contribution in [0.5, 0.6) is 5.75 Å². The van der Waals surface area contributed by atoms with E-state index >= 15 is 0 Å². The third-order valence-electron chi connectivity index (χ3n) is 5.92. The predicted molar refractivity (Wildman–Crippen MR) is 152 cm³/mol. The molecule has 14 nitrogen and oxygen atoms in total. The molecular weight excluding hydrogens is 570 g/mol. The van der Waals surface area contributed by atoms with Crippen molar-refractivity contribution in [2.75, 3.05) is 25.1 Å². The van der Waals surface area contributed by atoms with Crippen LogP contribution in [0.2, 0.25) is 0 Å². The first-order valence-corrected chi connectivity index (χ1v) is 14.9. The highest BCUT2D eigenvalue weighted by atomic mass is 32.2. The number of carboxylic acids is 1. The number of aromatic hydroxyl groups is 1. The molecule has 0 bridgehead atoms. The Bertz CT molecular complexity index is 1350. The van der Waals surface area contributed by atoms with Gasteiger partial charge in [0, 0.05) is 12.7 Å². The van der Waals surface area contributed by atoms with Crippen LogP contribution in [0.4, 0.5) is 0 Å². The fourth-order valence-electron chi connectivity index (χ4n) is 3.68. The van der Waals surface area contributed by atoms with Gasteiger partial charge < -0.3 is 37.2 Å². The van der Waals surface area contributed by atoms with Crippen LogP contribution in [0.1, 0.15) is 17.5 Å². The molecule has 8 N–H and O–H groups in total. The van der Waals surface area contributed by atoms with Crippen molar-refractivity contribution in [3.05, 3.63) is 65.7 Å². The third kappa shape index (κ3) is 12.8. The molecule has 0 aromatic heterocycles. The number of carbonyl (C=O) groups excluding carboxylic acids is 4. The summed E-state index contributed by atoms with van der Waals surface area (Å²) in [7, 11) is -3.49. The molecule has 2 aromatic rings. The molecule has 0 aliphatic carbocycles. The first-order chi connectivity index (χ1) is 19.7. The molecule has 228 valence electrons. The monoisotopic (exact) mass is 605 g/mol. The number of phenols is 1. The first-order valence-electron chi connectivity index (χ1n) is 12.9. The molecule has 0 aliphatic heterocycles. The van der Waals surface area contributed by atoms with Gasteiger partial charge >= 0.3 is 5.97 Å². The third-order valence-corrected chi connectivity index (χ3v) is 6.90. The Balaban J connectivity index is 1.91. The van der Waals surface area contributed by atoms with Crippen molar-refractivity contribution < 1.29 is 42.6 Å². The van der Waals surface area contributed by atoms with Crippen molar-refractivity contribution in [2.24, 2.45) is 5.73 Å². The van der Waals surface area contributed by atoms with Gasteiger partial charge in [0.25, 0.3) is 0 Å². The summed E-state index contributed by atoms with van der Waals surface area (Å²) in [5.74, 6) is -4.76. The van der Waals surface area contributed by atoms with Crippen molar-refractivity contribution in [1.29, 1.82) is 0 Å². The van der Waals surface area contributed by atoms with Gasteiger partial charge in [0.2, 0.25) is 23.6 Å². The van der Waals surface area contributed by atoms with Crippen LogP contribution >= 0.6 is 0 Å². The molecule has 0 saturated heterocycles. The lowest BCUT2D eigenvalue weighted by Gasteiger charge is -2.22. The lowest BCUT2D eigenvalue weighted by atomic mass is 10.0. The van der Waals surface area contributed by atoms with Gasteiger partial charge in [-0.25, -0.2) is 13.2 Å². The fraction of sp³-hybridized carbons (Fsp3) is 0.370. The molecular formula is C27H35N5O9S. The second-order valence-corrected chi connectivity index (χ2v) is 11.9. The van der Waals surface area contributed by atoms with Crippen LogP contribution in [0.25, 0.3) is 0 Å². The normalized spacial score (nSPS) is 13.2. The van der Waals surface area contributed by atoms with Gasteiger partial charge in [-0.1, -0.05) is 42.5 Å². The largest absolute Gasteiger partial charge is 0.508 e. The van der Waals surface area contributed by atoms with Crippen molar-refractivity contribution in [3.63, 3.8) is 0 Å². The Morgan fingerprint density at radius 3 is 1.98 bits per heavy atom. The summed E-state index contributed by atoms with van der Waals surface area (Å²) in [6, 6.07) is 11.0. The van der Waals surface area contributed by atoms with Crippen LogP contribution in [-0.2, 0) is 46.7 Å². The van der Waals surface area contributed by atoms with E-state index in [0.29, 0.717) is 11.1 Å². The van der Waals surface area contributed by atoms with Crippen LogP contribution in [0, 0.1) is 0 Å². The minimum Gasteiger partial charge on any atom is -0.508 e. The van der Waals surface area contributed by atoms with Crippen LogP contribution in [0.15, 0.2) is 54.6 Å². The standard InChI is InChI=1S/C27H35N5O9S/c1-42(40,41)12-11-21(27(38)39)32-26(37)22(14-17-5-3-2-4-6-17)31-24(35)16-29-23(34)15-30-25(36)20(28)13-18-7-9-19(33)10-8-18/h2-10,20-22,33H,11-16,28H2,1H3,(H,29,34)(H,30,36)(H,31,35)(H,32,37)(H,38,39). The summed E-state index contributed by atoms with van der Waals surface area (Å²) in [5, 5.41) is 28.2. The van der Waals surface area contributed by atoms with Crippen LogP contribution in [0.3, 0.4) is 0 Å². The maximum absolute atomic E-state index is 13.0. The number of nitrogens with two attached hydrogens (primary N) is 1. The smallest absolute Gasteiger partial charge is 0.326 e. The van der Waals surface area contributed by atoms with E-state index in [-0.39, 0.29) is 25.0 Å². The second kappa shape index (κ2) is 16.1. The number of amides is 4. The van der Waals surface area contributed by atoms with Crippen molar-refractivity contribution >= 4 is 39.4 Å². The number of carbonyl (C=O) groups is 5. The number of carboxylic acid groups (broad SMARTS) is 1. The summed E-state index contributed by atoms with van der Waals surface area (Å²) >= 11 is 0. The average molecular weight is 606 g/mol. The fourth-order valence-corrected chi connectivity index (χ4v) is 4.35. The van der Waals surface area contributed by atoms with Gasteiger partial charge in [-0.3, -0.25) is 19.2 Å². The summed E-state index contributed by atoms with van der Waals surface area (Å²) in [5.41, 5.74) is 7.21. The quantitative estimate of drug-likeness (QED) is 0.114. The molecule has 0 spiro atoms. The van der Waals surface area contributed by atoms with E-state index in [1.807, 2.05) is 0 Å². The number of benzene rings is 2. The first kappa shape index (κ1) is 33.7. The van der Waals surface area contributed by atoms with E-state index in [2.05, 4.69) is 21.3 Å². The molecule has 2 aromatic carbocycles. The highest BCUT2D eigenvalue weighted by Gasteiger charge is 2.27. The van der Waals surface area contributed by atoms with E-state index in [1.54, 1.807) is 42.5 Å². The van der Waals surface area contributed by atoms with Crippen LogP contribution < -0.4 is 27.0 Å². The molecule has 0 aliphatic rings. The number of nitrogens with one attached hydrogen (secondary N) is 4. The minimum atomic E-state index is -3.49. The molecule has 0 fully saturated rings. The summed E-state index contributed by atoms with van der Waals surface area (Å²) in [6.07, 6.45) is 0.724. The topological polar surface area (TPSA) is 234 Å². The van der Waals surface area contributed by atoms with Gasteiger partial charge in [0.1, 0.15) is 27.7 Å². The maximum atomic E-state index is 13.0. The van der Waals surface area contributed by atoms with Crippen molar-refractivity contribution in [1.82, 2.24) is 21.3 Å². The van der Waals surface area contributed by atoms with Gasteiger partial charge in [-0.05, 0) is 36.1 Å².